The number of para-hydroxylation sites is 1. The van der Waals surface area contributed by atoms with Crippen molar-refractivity contribution in [1.82, 2.24) is 14.9 Å². The number of rotatable bonds is 5. The maximum Gasteiger partial charge on any atom is 0.0459 e. The lowest BCUT2D eigenvalue weighted by Crippen LogP contribution is -2.31. The standard InChI is InChI=1S/C23H29N3/c1-26(2)19-10-8-18(9-11-19)23-21(12-7-17-13-15-24-16-14-17)20-5-3-4-6-22(20)25-23/h3-6,13-16,18-19,25H,7-12H2,1-2H3. The molecule has 0 aliphatic heterocycles. The summed E-state index contributed by atoms with van der Waals surface area (Å²) >= 11 is 0. The fraction of sp³-hybridized carbons (Fsp3) is 0.435. The molecule has 1 saturated carbocycles. The molecular formula is C23H29N3. The Kier molecular flexibility index (Phi) is 5.07. The van der Waals surface area contributed by atoms with Crippen LogP contribution in [0.3, 0.4) is 0 Å². The van der Waals surface area contributed by atoms with Gasteiger partial charge in [0.25, 0.3) is 0 Å². The van der Waals surface area contributed by atoms with Gasteiger partial charge in [0, 0.05) is 35.0 Å². The number of aromatic amines is 1. The van der Waals surface area contributed by atoms with Crippen LogP contribution in [0.5, 0.6) is 0 Å². The van der Waals surface area contributed by atoms with Crippen molar-refractivity contribution in [2.45, 2.75) is 50.5 Å². The smallest absolute Gasteiger partial charge is 0.0459 e. The van der Waals surface area contributed by atoms with E-state index in [1.165, 1.54) is 53.4 Å². The van der Waals surface area contributed by atoms with Gasteiger partial charge < -0.3 is 9.88 Å². The average Bonchev–Trinajstić information content (AvgIpc) is 3.06. The van der Waals surface area contributed by atoms with E-state index in [0.29, 0.717) is 5.92 Å². The summed E-state index contributed by atoms with van der Waals surface area (Å²) in [5, 5.41) is 1.41. The maximum atomic E-state index is 4.14. The van der Waals surface area contributed by atoms with Crippen molar-refractivity contribution in [2.24, 2.45) is 0 Å². The molecule has 2 heterocycles. The summed E-state index contributed by atoms with van der Waals surface area (Å²) in [7, 11) is 4.43. The molecule has 1 aromatic carbocycles. The van der Waals surface area contributed by atoms with Gasteiger partial charge in [-0.3, -0.25) is 4.98 Å². The molecule has 1 N–H and O–H groups in total. The molecule has 0 radical (unpaired) electrons. The molecule has 0 amide bonds. The molecule has 3 heteroatoms. The third kappa shape index (κ3) is 3.54. The molecule has 0 bridgehead atoms. The number of nitrogens with zero attached hydrogens (tertiary/aromatic N) is 2. The van der Waals surface area contributed by atoms with Gasteiger partial charge in [0.05, 0.1) is 0 Å². The zero-order valence-electron chi connectivity index (χ0n) is 15.9. The molecule has 136 valence electrons. The van der Waals surface area contributed by atoms with Crippen molar-refractivity contribution >= 4 is 10.9 Å². The van der Waals surface area contributed by atoms with Gasteiger partial charge in [-0.05, 0) is 87.9 Å². The highest BCUT2D eigenvalue weighted by Gasteiger charge is 2.26. The van der Waals surface area contributed by atoms with Crippen LogP contribution in [-0.2, 0) is 12.8 Å². The highest BCUT2D eigenvalue weighted by atomic mass is 15.1. The molecule has 1 aliphatic rings. The number of fused-ring (bicyclic) bond motifs is 1. The van der Waals surface area contributed by atoms with Crippen LogP contribution in [0.15, 0.2) is 48.8 Å². The third-order valence-electron chi connectivity index (χ3n) is 6.09. The first kappa shape index (κ1) is 17.3. The van der Waals surface area contributed by atoms with Gasteiger partial charge in [0.2, 0.25) is 0 Å². The predicted molar refractivity (Wildman–Crippen MR) is 109 cm³/mol. The summed E-state index contributed by atoms with van der Waals surface area (Å²) in [5.41, 5.74) is 5.69. The Labute approximate surface area is 156 Å². The van der Waals surface area contributed by atoms with Crippen LogP contribution < -0.4 is 0 Å². The second kappa shape index (κ2) is 7.63. The van der Waals surface area contributed by atoms with E-state index < -0.39 is 0 Å². The summed E-state index contributed by atoms with van der Waals surface area (Å²) < 4.78 is 0. The van der Waals surface area contributed by atoms with Crippen LogP contribution in [0, 0.1) is 0 Å². The number of hydrogen-bond acceptors (Lipinski definition) is 2. The summed E-state index contributed by atoms with van der Waals surface area (Å²) in [4.78, 5) is 10.3. The van der Waals surface area contributed by atoms with E-state index in [1.807, 2.05) is 12.4 Å². The van der Waals surface area contributed by atoms with Gasteiger partial charge >= 0.3 is 0 Å². The van der Waals surface area contributed by atoms with E-state index in [4.69, 9.17) is 0 Å². The van der Waals surface area contributed by atoms with Crippen LogP contribution >= 0.6 is 0 Å². The normalized spacial score (nSPS) is 20.7. The number of aryl methyl sites for hydroxylation is 2. The molecule has 26 heavy (non-hydrogen) atoms. The summed E-state index contributed by atoms with van der Waals surface area (Å²) in [6.45, 7) is 0. The molecule has 0 spiro atoms. The Bertz CT molecular complexity index is 842. The van der Waals surface area contributed by atoms with Crippen molar-refractivity contribution in [3.8, 4) is 0 Å². The van der Waals surface area contributed by atoms with Gasteiger partial charge in [0.1, 0.15) is 0 Å². The van der Waals surface area contributed by atoms with Gasteiger partial charge in [0.15, 0.2) is 0 Å². The quantitative estimate of drug-likeness (QED) is 0.709. The number of H-pyrrole nitrogens is 1. The summed E-state index contributed by atoms with van der Waals surface area (Å²) in [6.07, 6.45) is 11.1. The summed E-state index contributed by atoms with van der Waals surface area (Å²) in [5.74, 6) is 0.672. The topological polar surface area (TPSA) is 31.9 Å². The van der Waals surface area contributed by atoms with Crippen LogP contribution in [0.1, 0.15) is 48.4 Å². The first-order valence-corrected chi connectivity index (χ1v) is 9.87. The van der Waals surface area contributed by atoms with Crippen LogP contribution in [0.4, 0.5) is 0 Å². The first-order valence-electron chi connectivity index (χ1n) is 9.87. The van der Waals surface area contributed by atoms with Gasteiger partial charge in [-0.25, -0.2) is 0 Å². The monoisotopic (exact) mass is 347 g/mol. The largest absolute Gasteiger partial charge is 0.358 e. The molecule has 4 rings (SSSR count). The Hall–Kier alpha value is -2.13. The minimum absolute atomic E-state index is 0.672. The van der Waals surface area contributed by atoms with Crippen LogP contribution in [0.25, 0.3) is 10.9 Å². The van der Waals surface area contributed by atoms with Crippen molar-refractivity contribution in [3.63, 3.8) is 0 Å². The Morgan fingerprint density at radius 2 is 1.69 bits per heavy atom. The number of pyridine rings is 1. The van der Waals surface area contributed by atoms with E-state index in [1.54, 1.807) is 0 Å². The van der Waals surface area contributed by atoms with Gasteiger partial charge in [-0.1, -0.05) is 18.2 Å². The van der Waals surface area contributed by atoms with E-state index in [-0.39, 0.29) is 0 Å². The molecule has 3 nitrogen and oxygen atoms in total. The van der Waals surface area contributed by atoms with E-state index in [9.17, 15) is 0 Å². The fourth-order valence-corrected chi connectivity index (χ4v) is 4.54. The number of nitrogens with one attached hydrogen (secondary N) is 1. The first-order chi connectivity index (χ1) is 12.7. The second-order valence-corrected chi connectivity index (χ2v) is 7.89. The lowest BCUT2D eigenvalue weighted by atomic mass is 9.82. The van der Waals surface area contributed by atoms with Crippen molar-refractivity contribution in [1.29, 1.82) is 0 Å². The molecule has 1 fully saturated rings. The minimum Gasteiger partial charge on any atom is -0.358 e. The molecule has 0 saturated heterocycles. The lowest BCUT2D eigenvalue weighted by molar-refractivity contribution is 0.215. The fourth-order valence-electron chi connectivity index (χ4n) is 4.54. The van der Waals surface area contributed by atoms with Crippen molar-refractivity contribution < 1.29 is 0 Å². The molecule has 0 atom stereocenters. The van der Waals surface area contributed by atoms with Gasteiger partial charge in [-0.15, -0.1) is 0 Å². The Morgan fingerprint density at radius 1 is 0.962 bits per heavy atom. The van der Waals surface area contributed by atoms with E-state index in [0.717, 1.165) is 18.9 Å². The van der Waals surface area contributed by atoms with Crippen molar-refractivity contribution in [2.75, 3.05) is 14.1 Å². The minimum atomic E-state index is 0.672. The Balaban J connectivity index is 1.60. The number of hydrogen-bond donors (Lipinski definition) is 1. The summed E-state index contributed by atoms with van der Waals surface area (Å²) in [6, 6.07) is 13.8. The molecule has 0 unspecified atom stereocenters. The molecular weight excluding hydrogens is 318 g/mol. The maximum absolute atomic E-state index is 4.14. The van der Waals surface area contributed by atoms with Crippen LogP contribution in [0.2, 0.25) is 0 Å². The van der Waals surface area contributed by atoms with Crippen LogP contribution in [-0.4, -0.2) is 35.0 Å². The lowest BCUT2D eigenvalue weighted by Gasteiger charge is -2.32. The molecule has 3 aromatic rings. The molecule has 2 aromatic heterocycles. The zero-order chi connectivity index (χ0) is 17.9. The SMILES string of the molecule is CN(C)C1CCC(c2[nH]c3ccccc3c2CCc2ccncc2)CC1. The molecule has 1 aliphatic carbocycles. The van der Waals surface area contributed by atoms with Gasteiger partial charge in [-0.2, -0.15) is 0 Å². The predicted octanol–water partition coefficient (Wildman–Crippen LogP) is 4.94. The zero-order valence-corrected chi connectivity index (χ0v) is 15.9. The number of benzene rings is 1. The Morgan fingerprint density at radius 3 is 2.42 bits per heavy atom. The van der Waals surface area contributed by atoms with Crippen molar-refractivity contribution in [3.05, 3.63) is 65.6 Å². The third-order valence-corrected chi connectivity index (χ3v) is 6.09. The second-order valence-electron chi connectivity index (χ2n) is 7.89. The van der Waals surface area contributed by atoms with E-state index >= 15 is 0 Å². The highest BCUT2D eigenvalue weighted by Crippen LogP contribution is 2.38. The number of aromatic nitrogens is 2. The highest BCUT2D eigenvalue weighted by molar-refractivity contribution is 5.85. The van der Waals surface area contributed by atoms with E-state index in [2.05, 4.69) is 65.4 Å². The average molecular weight is 348 g/mol.